The van der Waals surface area contributed by atoms with Gasteiger partial charge in [0, 0.05) is 32.8 Å². The predicted octanol–water partition coefficient (Wildman–Crippen LogP) is 8.85. The van der Waals surface area contributed by atoms with Crippen LogP contribution in [0.15, 0.2) is 162 Å². The standard InChI is InChI=1S/C42H26BNO/c1-6-16-35-29(11-1)32-25-26-40-42(34-15-5-10-20-39(34)45-40)41(32)33-14-2-7-17-36(33)43(35)27-21-23-28(24-22-27)44-37-18-8-3-12-30(37)31-13-4-9-19-38(31)44/h1-26H. The van der Waals surface area contributed by atoms with Crippen LogP contribution in [0, 0.1) is 0 Å². The Kier molecular flexibility index (Phi) is 5.12. The molecule has 0 spiro atoms. The molecular weight excluding hydrogens is 545 g/mol. The van der Waals surface area contributed by atoms with E-state index >= 15 is 0 Å². The van der Waals surface area contributed by atoms with Crippen molar-refractivity contribution in [2.24, 2.45) is 0 Å². The van der Waals surface area contributed by atoms with Crippen LogP contribution >= 0.6 is 0 Å². The maximum absolute atomic E-state index is 6.38. The van der Waals surface area contributed by atoms with Gasteiger partial charge in [-0.05, 0) is 53.1 Å². The van der Waals surface area contributed by atoms with E-state index < -0.39 is 0 Å². The van der Waals surface area contributed by atoms with Crippen molar-refractivity contribution in [3.8, 4) is 27.9 Å². The lowest BCUT2D eigenvalue weighted by Gasteiger charge is -2.19. The summed E-state index contributed by atoms with van der Waals surface area (Å²) in [6.45, 7) is 0.0743. The summed E-state index contributed by atoms with van der Waals surface area (Å²) in [6, 6.07) is 57.3. The highest BCUT2D eigenvalue weighted by molar-refractivity contribution is 6.97. The predicted molar refractivity (Wildman–Crippen MR) is 190 cm³/mol. The van der Waals surface area contributed by atoms with Crippen LogP contribution in [-0.2, 0) is 0 Å². The Bertz CT molecular complexity index is 2550. The quantitative estimate of drug-likeness (QED) is 0.190. The molecular formula is C42H26BNO. The van der Waals surface area contributed by atoms with Gasteiger partial charge in [-0.15, -0.1) is 0 Å². The molecule has 0 saturated heterocycles. The van der Waals surface area contributed by atoms with Gasteiger partial charge in [0.05, 0.1) is 11.0 Å². The zero-order valence-electron chi connectivity index (χ0n) is 24.4. The molecule has 0 N–H and O–H groups in total. The van der Waals surface area contributed by atoms with E-state index in [0.717, 1.165) is 16.6 Å². The van der Waals surface area contributed by atoms with Gasteiger partial charge in [0.25, 0.3) is 0 Å². The number of furan rings is 1. The Morgan fingerprint density at radius 2 is 1.00 bits per heavy atom. The van der Waals surface area contributed by atoms with Gasteiger partial charge in [0.2, 0.25) is 6.71 Å². The molecule has 1 aliphatic heterocycles. The van der Waals surface area contributed by atoms with Gasteiger partial charge in [-0.1, -0.05) is 138 Å². The van der Waals surface area contributed by atoms with Gasteiger partial charge in [-0.2, -0.15) is 0 Å². The van der Waals surface area contributed by atoms with E-state index in [9.17, 15) is 0 Å². The summed E-state index contributed by atoms with van der Waals surface area (Å²) < 4.78 is 8.77. The van der Waals surface area contributed by atoms with Gasteiger partial charge in [0.15, 0.2) is 0 Å². The summed E-state index contributed by atoms with van der Waals surface area (Å²) in [6.07, 6.45) is 0. The van der Waals surface area contributed by atoms with Gasteiger partial charge >= 0.3 is 0 Å². The fourth-order valence-electron chi connectivity index (χ4n) is 7.83. The van der Waals surface area contributed by atoms with E-state index in [0.29, 0.717) is 0 Å². The summed E-state index contributed by atoms with van der Waals surface area (Å²) >= 11 is 0. The van der Waals surface area contributed by atoms with Crippen molar-refractivity contribution in [3.63, 3.8) is 0 Å². The first kappa shape index (κ1) is 24.6. The van der Waals surface area contributed by atoms with E-state index in [1.807, 2.05) is 6.07 Å². The molecule has 0 fully saturated rings. The van der Waals surface area contributed by atoms with E-state index in [4.69, 9.17) is 4.42 Å². The first-order chi connectivity index (χ1) is 22.3. The van der Waals surface area contributed by atoms with Crippen LogP contribution in [0.4, 0.5) is 0 Å². The van der Waals surface area contributed by atoms with Crippen LogP contribution in [0.1, 0.15) is 0 Å². The first-order valence-corrected chi connectivity index (χ1v) is 15.6. The molecule has 3 heterocycles. The van der Waals surface area contributed by atoms with Gasteiger partial charge in [-0.25, -0.2) is 0 Å². The fourth-order valence-corrected chi connectivity index (χ4v) is 7.83. The topological polar surface area (TPSA) is 18.1 Å². The third-order valence-corrected chi connectivity index (χ3v) is 9.71. The molecule has 9 aromatic rings. The number of fused-ring (bicyclic) bond motifs is 12. The minimum Gasteiger partial charge on any atom is -0.456 e. The number of para-hydroxylation sites is 3. The zero-order valence-corrected chi connectivity index (χ0v) is 24.4. The van der Waals surface area contributed by atoms with Gasteiger partial charge in [-0.3, -0.25) is 0 Å². The third-order valence-electron chi connectivity index (χ3n) is 9.71. The molecule has 10 rings (SSSR count). The molecule has 0 unspecified atom stereocenters. The van der Waals surface area contributed by atoms with E-state index in [2.05, 4.69) is 156 Å². The van der Waals surface area contributed by atoms with E-state index in [1.54, 1.807) is 0 Å². The van der Waals surface area contributed by atoms with Crippen molar-refractivity contribution < 1.29 is 4.42 Å². The third kappa shape index (κ3) is 3.47. The smallest absolute Gasteiger partial charge is 0.242 e. The lowest BCUT2D eigenvalue weighted by molar-refractivity contribution is 0.669. The number of rotatable bonds is 2. The van der Waals surface area contributed by atoms with Crippen molar-refractivity contribution in [1.29, 1.82) is 0 Å². The maximum Gasteiger partial charge on any atom is 0.242 e. The normalized spacial score (nSPS) is 12.4. The van der Waals surface area contributed by atoms with Crippen LogP contribution in [0.3, 0.4) is 0 Å². The minimum atomic E-state index is 0.0743. The van der Waals surface area contributed by atoms with Crippen molar-refractivity contribution in [3.05, 3.63) is 158 Å². The first-order valence-electron chi connectivity index (χ1n) is 15.6. The highest BCUT2D eigenvalue weighted by Gasteiger charge is 2.32. The number of aromatic nitrogens is 1. The number of hydrogen-bond donors (Lipinski definition) is 0. The lowest BCUT2D eigenvalue weighted by Crippen LogP contribution is -2.52. The Balaban J connectivity index is 1.22. The van der Waals surface area contributed by atoms with Crippen molar-refractivity contribution in [2.45, 2.75) is 0 Å². The van der Waals surface area contributed by atoms with Crippen LogP contribution in [0.2, 0.25) is 0 Å². The van der Waals surface area contributed by atoms with Crippen LogP contribution in [-0.4, -0.2) is 11.3 Å². The SMILES string of the molecule is c1ccc2c(c1)B(c1ccc(-n3c4ccccc4c4ccccc43)cc1)c1ccccc1-c1c-2ccc2oc3ccccc3c12. The second kappa shape index (κ2) is 9.35. The number of nitrogens with zero attached hydrogens (tertiary/aromatic N) is 1. The minimum absolute atomic E-state index is 0.0743. The van der Waals surface area contributed by atoms with Crippen molar-refractivity contribution in [2.75, 3.05) is 0 Å². The van der Waals surface area contributed by atoms with Crippen LogP contribution in [0.25, 0.3) is 71.7 Å². The second-order valence-corrected chi connectivity index (χ2v) is 12.0. The molecule has 3 heteroatoms. The van der Waals surface area contributed by atoms with Gasteiger partial charge < -0.3 is 8.98 Å². The Hall–Kier alpha value is -5.80. The molecule has 1 aliphatic rings. The molecule has 0 amide bonds. The second-order valence-electron chi connectivity index (χ2n) is 12.0. The highest BCUT2D eigenvalue weighted by atomic mass is 16.3. The molecule has 0 aliphatic carbocycles. The summed E-state index contributed by atoms with van der Waals surface area (Å²) in [7, 11) is 0. The number of hydrogen-bond acceptors (Lipinski definition) is 1. The molecule has 208 valence electrons. The summed E-state index contributed by atoms with van der Waals surface area (Å²) in [5, 5.41) is 4.90. The zero-order chi connectivity index (χ0) is 29.5. The molecule has 0 bridgehead atoms. The molecule has 2 aromatic heterocycles. The molecule has 2 nitrogen and oxygen atoms in total. The average molecular weight is 571 g/mol. The lowest BCUT2D eigenvalue weighted by atomic mass is 9.36. The molecule has 7 aromatic carbocycles. The van der Waals surface area contributed by atoms with Gasteiger partial charge in [0.1, 0.15) is 11.2 Å². The Morgan fingerprint density at radius 3 is 1.73 bits per heavy atom. The van der Waals surface area contributed by atoms with Crippen molar-refractivity contribution >= 4 is 66.8 Å². The molecule has 0 atom stereocenters. The van der Waals surface area contributed by atoms with E-state index in [-0.39, 0.29) is 6.71 Å². The highest BCUT2D eigenvalue weighted by Crippen LogP contribution is 2.43. The Morgan fingerprint density at radius 1 is 0.422 bits per heavy atom. The fraction of sp³-hybridized carbons (Fsp3) is 0. The van der Waals surface area contributed by atoms with Crippen LogP contribution in [0.5, 0.6) is 0 Å². The van der Waals surface area contributed by atoms with Crippen molar-refractivity contribution in [1.82, 2.24) is 4.57 Å². The molecule has 45 heavy (non-hydrogen) atoms. The average Bonchev–Trinajstić information content (AvgIpc) is 3.61. The van der Waals surface area contributed by atoms with E-state index in [1.165, 1.54) is 71.5 Å². The summed E-state index contributed by atoms with van der Waals surface area (Å²) in [5.41, 5.74) is 14.4. The summed E-state index contributed by atoms with van der Waals surface area (Å²) in [5.74, 6) is 0. The largest absolute Gasteiger partial charge is 0.456 e. The molecule has 0 saturated carbocycles. The summed E-state index contributed by atoms with van der Waals surface area (Å²) in [4.78, 5) is 0. The Labute approximate surface area is 260 Å². The maximum atomic E-state index is 6.38. The monoisotopic (exact) mass is 571 g/mol. The number of benzene rings is 7. The van der Waals surface area contributed by atoms with Crippen LogP contribution < -0.4 is 16.4 Å². The molecule has 0 radical (unpaired) electrons.